The van der Waals surface area contributed by atoms with Crippen molar-refractivity contribution in [2.24, 2.45) is 0 Å². The third-order valence-corrected chi connectivity index (χ3v) is 7.46. The smallest absolute Gasteiger partial charge is 0.164 e. The normalized spacial score (nSPS) is 11.7. The first-order valence-corrected chi connectivity index (χ1v) is 13.0. The number of fused-ring (bicyclic) bond motifs is 20. The summed E-state index contributed by atoms with van der Waals surface area (Å²) in [5.74, 6) is 2.39. The monoisotopic (exact) mass is 667 g/mol. The van der Waals surface area contributed by atoms with Crippen LogP contribution in [0.3, 0.4) is 0 Å². The molecule has 7 aromatic rings. The van der Waals surface area contributed by atoms with Gasteiger partial charge in [-0.05, 0) is 0 Å². The zero-order chi connectivity index (χ0) is 26.2. The van der Waals surface area contributed by atoms with Gasteiger partial charge in [0.15, 0.2) is 23.3 Å². The summed E-state index contributed by atoms with van der Waals surface area (Å²) in [7, 11) is 0. The van der Waals surface area contributed by atoms with Crippen LogP contribution in [-0.4, -0.2) is 39.9 Å². The van der Waals surface area contributed by atoms with Gasteiger partial charge >= 0.3 is 0 Å². The maximum absolute atomic E-state index is 5.02. The minimum Gasteiger partial charge on any atom is -0.324 e. The number of benzene rings is 4. The van der Waals surface area contributed by atoms with Crippen molar-refractivity contribution >= 4 is 44.1 Å². The molecule has 1 radical (unpaired) electrons. The topological polar surface area (TPSA) is 109 Å². The van der Waals surface area contributed by atoms with Crippen molar-refractivity contribution in [3.63, 3.8) is 0 Å². The maximum atomic E-state index is 5.02. The van der Waals surface area contributed by atoms with E-state index < -0.39 is 0 Å². The Balaban J connectivity index is 0.00000256. The summed E-state index contributed by atoms with van der Waals surface area (Å²) in [5, 5.41) is 3.82. The minimum atomic E-state index is 0. The first-order chi connectivity index (χ1) is 19.8. The molecule has 193 valence electrons. The SMILES string of the molecule is [Eu].c1ccc2c(c1)-c1nc-2nc2[nH]c(nc3nc(nc4[nH]c(n1)c1ccccc41)-c1ccccc1-3)c1ccccc21. The molecule has 9 heteroatoms. The number of nitrogens with zero attached hydrogens (tertiary/aromatic N) is 6. The second-order valence-electron chi connectivity index (χ2n) is 9.79. The molecule has 4 aromatic carbocycles. The third kappa shape index (κ3) is 3.80. The zero-order valence-electron chi connectivity index (χ0n) is 21.3. The number of aromatic amines is 2. The second kappa shape index (κ2) is 9.44. The summed E-state index contributed by atoms with van der Waals surface area (Å²) in [4.78, 5) is 36.8. The number of hydrogen-bond acceptors (Lipinski definition) is 6. The van der Waals surface area contributed by atoms with Crippen LogP contribution in [0.1, 0.15) is 0 Å². The first kappa shape index (κ1) is 24.6. The molecule has 0 unspecified atom stereocenters. The van der Waals surface area contributed by atoms with Crippen molar-refractivity contribution in [2.75, 3.05) is 0 Å². The maximum Gasteiger partial charge on any atom is 0.164 e. The zero-order valence-corrected chi connectivity index (χ0v) is 23.7. The molecule has 0 atom stereocenters. The van der Waals surface area contributed by atoms with Crippen molar-refractivity contribution in [1.29, 1.82) is 0 Å². The molecule has 0 aliphatic carbocycles. The number of rotatable bonds is 0. The van der Waals surface area contributed by atoms with E-state index in [0.29, 0.717) is 45.9 Å². The fourth-order valence-electron chi connectivity index (χ4n) is 5.59. The molecule has 2 N–H and O–H groups in total. The van der Waals surface area contributed by atoms with E-state index in [1.165, 1.54) is 0 Å². The predicted octanol–water partition coefficient (Wildman–Crippen LogP) is 6.87. The van der Waals surface area contributed by atoms with Crippen molar-refractivity contribution in [3.8, 4) is 45.6 Å². The third-order valence-electron chi connectivity index (χ3n) is 7.46. The van der Waals surface area contributed by atoms with Crippen molar-refractivity contribution in [1.82, 2.24) is 39.9 Å². The molecule has 41 heavy (non-hydrogen) atoms. The Labute approximate surface area is 273 Å². The van der Waals surface area contributed by atoms with E-state index in [2.05, 4.69) is 9.97 Å². The average Bonchev–Trinajstić information content (AvgIpc) is 3.73. The van der Waals surface area contributed by atoms with Crippen LogP contribution < -0.4 is 0 Å². The predicted molar refractivity (Wildman–Crippen MR) is 156 cm³/mol. The van der Waals surface area contributed by atoms with Gasteiger partial charge < -0.3 is 9.97 Å². The minimum absolute atomic E-state index is 0. The second-order valence-corrected chi connectivity index (χ2v) is 9.79. The number of nitrogens with one attached hydrogen (secondary N) is 2. The van der Waals surface area contributed by atoms with Crippen LogP contribution in [0, 0.1) is 49.4 Å². The molecule has 8 nitrogen and oxygen atoms in total. The van der Waals surface area contributed by atoms with Crippen LogP contribution in [0.5, 0.6) is 0 Å². The Kier molecular flexibility index (Phi) is 5.67. The molecule has 2 aliphatic heterocycles. The summed E-state index contributed by atoms with van der Waals surface area (Å²) in [6.45, 7) is 0. The van der Waals surface area contributed by atoms with E-state index in [1.807, 2.05) is 97.1 Å². The van der Waals surface area contributed by atoms with E-state index >= 15 is 0 Å². The molecule has 0 fully saturated rings. The standard InChI is InChI=1S/C32H18N8.Eu/c1-2-10-18-17(9-1)25-33-26(18)38-28-21-13-5-6-14-22(21)30(35-28)40-32-24-16-8-7-15-23(24)31(36-32)39-29-20-12-4-3-11-19(20)27(34-29)37-25;/h1-16H,(H2,33,34,35,36,37,38,39,40);. The Morgan fingerprint density at radius 1 is 0.317 bits per heavy atom. The molecule has 0 saturated heterocycles. The number of H-pyrrole nitrogens is 2. The largest absolute Gasteiger partial charge is 0.324 e. The molecule has 9 rings (SSSR count). The molecule has 0 saturated carbocycles. The molecular formula is C32H18EuN8. The van der Waals surface area contributed by atoms with Gasteiger partial charge in [-0.15, -0.1) is 0 Å². The van der Waals surface area contributed by atoms with Gasteiger partial charge in [-0.1, -0.05) is 97.1 Å². The summed E-state index contributed by atoms with van der Waals surface area (Å²) in [6.07, 6.45) is 0. The van der Waals surface area contributed by atoms with Gasteiger partial charge in [-0.25, -0.2) is 29.9 Å². The van der Waals surface area contributed by atoms with Crippen LogP contribution in [0.25, 0.3) is 89.7 Å². The van der Waals surface area contributed by atoms with Gasteiger partial charge in [0, 0.05) is 93.2 Å². The average molecular weight is 667 g/mol. The summed E-state index contributed by atoms with van der Waals surface area (Å²) in [6, 6.07) is 32.2. The number of hydrogen-bond donors (Lipinski definition) is 2. The molecule has 0 amide bonds. The van der Waals surface area contributed by atoms with Crippen LogP contribution >= 0.6 is 0 Å². The summed E-state index contributed by atoms with van der Waals surface area (Å²) >= 11 is 0. The Morgan fingerprint density at radius 2 is 0.561 bits per heavy atom. The molecular weight excluding hydrogens is 648 g/mol. The molecule has 3 aromatic heterocycles. The van der Waals surface area contributed by atoms with Crippen LogP contribution in [0.4, 0.5) is 0 Å². The van der Waals surface area contributed by atoms with E-state index in [9.17, 15) is 0 Å². The molecule has 0 spiro atoms. The molecule has 8 bridgehead atoms. The van der Waals surface area contributed by atoms with Gasteiger partial charge in [-0.3, -0.25) is 0 Å². The van der Waals surface area contributed by atoms with E-state index in [-0.39, 0.29) is 49.4 Å². The van der Waals surface area contributed by atoms with Crippen LogP contribution in [0.2, 0.25) is 0 Å². The van der Waals surface area contributed by atoms with E-state index in [4.69, 9.17) is 29.9 Å². The molecule has 5 heterocycles. The van der Waals surface area contributed by atoms with Gasteiger partial charge in [0.2, 0.25) is 0 Å². The first-order valence-electron chi connectivity index (χ1n) is 13.0. The van der Waals surface area contributed by atoms with Crippen LogP contribution in [-0.2, 0) is 0 Å². The van der Waals surface area contributed by atoms with Crippen LogP contribution in [0.15, 0.2) is 97.1 Å². The van der Waals surface area contributed by atoms with Gasteiger partial charge in [0.25, 0.3) is 0 Å². The van der Waals surface area contributed by atoms with Crippen molar-refractivity contribution < 1.29 is 49.4 Å². The van der Waals surface area contributed by atoms with Crippen molar-refractivity contribution in [2.45, 2.75) is 0 Å². The Hall–Kier alpha value is -4.18. The van der Waals surface area contributed by atoms with E-state index in [1.54, 1.807) is 0 Å². The Bertz CT molecular complexity index is 2030. The van der Waals surface area contributed by atoms with Gasteiger partial charge in [0.05, 0.1) is 0 Å². The number of aromatic nitrogens is 8. The quantitative estimate of drug-likeness (QED) is 0.183. The molecule has 2 aliphatic rings. The fraction of sp³-hybridized carbons (Fsp3) is 0. The van der Waals surface area contributed by atoms with Gasteiger partial charge in [0.1, 0.15) is 22.6 Å². The fourth-order valence-corrected chi connectivity index (χ4v) is 5.59. The summed E-state index contributed by atoms with van der Waals surface area (Å²) < 4.78 is 0. The van der Waals surface area contributed by atoms with Gasteiger partial charge in [-0.2, -0.15) is 0 Å². The van der Waals surface area contributed by atoms with E-state index in [0.717, 1.165) is 43.8 Å². The van der Waals surface area contributed by atoms with Crippen molar-refractivity contribution in [3.05, 3.63) is 97.1 Å². The summed E-state index contributed by atoms with van der Waals surface area (Å²) in [5.41, 5.74) is 6.45. The Morgan fingerprint density at radius 3 is 0.829 bits per heavy atom.